The summed E-state index contributed by atoms with van der Waals surface area (Å²) in [6, 6.07) is 24.9. The summed E-state index contributed by atoms with van der Waals surface area (Å²) < 4.78 is 52.2. The van der Waals surface area contributed by atoms with E-state index in [0.717, 1.165) is 164 Å². The van der Waals surface area contributed by atoms with Crippen molar-refractivity contribution in [2.45, 2.75) is 137 Å². The van der Waals surface area contributed by atoms with Crippen LogP contribution in [0.4, 0.5) is 0 Å². The predicted octanol–water partition coefficient (Wildman–Crippen LogP) is 10.4. The van der Waals surface area contributed by atoms with Crippen LogP contribution in [0.3, 0.4) is 0 Å². The maximum absolute atomic E-state index is 6.21. The van der Waals surface area contributed by atoms with E-state index in [1.807, 2.05) is 114 Å². The first-order chi connectivity index (χ1) is 39.2. The molecule has 3 unspecified atom stereocenters. The topological polar surface area (TPSA) is 170 Å². The summed E-state index contributed by atoms with van der Waals surface area (Å²) in [4.78, 5) is 34.6. The predicted molar refractivity (Wildman–Crippen MR) is 308 cm³/mol. The minimum atomic E-state index is 0.243. The lowest BCUT2D eigenvalue weighted by Crippen LogP contribution is -2.39. The monoisotopic (exact) mass is 1110 g/mol. The van der Waals surface area contributed by atoms with Crippen LogP contribution in [0.2, 0.25) is 0 Å². The van der Waals surface area contributed by atoms with Gasteiger partial charge in [-0.1, -0.05) is 0 Å². The van der Waals surface area contributed by atoms with Crippen molar-refractivity contribution in [1.82, 2.24) is 44.6 Å². The number of rotatable bonds is 12. The molecule has 6 aromatic rings. The van der Waals surface area contributed by atoms with Gasteiger partial charge in [0.2, 0.25) is 0 Å². The highest BCUT2D eigenvalue weighted by atomic mass is 16.6. The van der Waals surface area contributed by atoms with Crippen LogP contribution < -0.4 is 42.6 Å². The van der Waals surface area contributed by atoms with Crippen molar-refractivity contribution in [3.63, 3.8) is 0 Å². The van der Waals surface area contributed by atoms with E-state index in [9.17, 15) is 0 Å². The van der Waals surface area contributed by atoms with Crippen LogP contribution >= 0.6 is 0 Å². The summed E-state index contributed by atoms with van der Waals surface area (Å²) in [7, 11) is 0. The van der Waals surface area contributed by atoms with Gasteiger partial charge in [-0.25, -0.2) is 15.0 Å². The minimum Gasteiger partial charge on any atom is -0.490 e. The number of likely N-dealkylation sites (tertiary alicyclic amines) is 3. The van der Waals surface area contributed by atoms with Crippen LogP contribution in [-0.4, -0.2) is 142 Å². The second-order valence-corrected chi connectivity index (χ2v) is 22.1. The summed E-state index contributed by atoms with van der Waals surface area (Å²) in [5.74, 6) is 6.87. The maximum Gasteiger partial charge on any atom is 0.257 e. The molecule has 18 heteroatoms. The second kappa shape index (κ2) is 26.7. The van der Waals surface area contributed by atoms with Gasteiger partial charge in [0, 0.05) is 128 Å². The molecule has 12 rings (SSSR count). The summed E-state index contributed by atoms with van der Waals surface area (Å²) >= 11 is 0. The van der Waals surface area contributed by atoms with Crippen LogP contribution in [-0.2, 0) is 0 Å². The third-order valence-electron chi connectivity index (χ3n) is 15.7. The van der Waals surface area contributed by atoms with Crippen LogP contribution in [0.1, 0.15) is 129 Å². The molecule has 0 bridgehead atoms. The molecule has 0 N–H and O–H groups in total. The van der Waals surface area contributed by atoms with Crippen LogP contribution in [0.25, 0.3) is 0 Å². The zero-order valence-electron chi connectivity index (χ0n) is 48.8. The third-order valence-corrected chi connectivity index (χ3v) is 15.7. The van der Waals surface area contributed by atoms with Crippen molar-refractivity contribution in [2.75, 3.05) is 78.9 Å². The molecule has 3 saturated heterocycles. The smallest absolute Gasteiger partial charge is 0.257 e. The van der Waals surface area contributed by atoms with Crippen molar-refractivity contribution < 1.29 is 42.6 Å². The highest BCUT2D eigenvalue weighted by molar-refractivity contribution is 5.39. The van der Waals surface area contributed by atoms with E-state index in [4.69, 9.17) is 42.6 Å². The first-order valence-electron chi connectivity index (χ1n) is 29.1. The van der Waals surface area contributed by atoms with E-state index in [1.54, 1.807) is 0 Å². The fourth-order valence-corrected chi connectivity index (χ4v) is 11.4. The highest BCUT2D eigenvalue weighted by Crippen LogP contribution is 2.36. The Kier molecular flexibility index (Phi) is 18.9. The fourth-order valence-electron chi connectivity index (χ4n) is 11.4. The van der Waals surface area contributed by atoms with E-state index in [1.165, 1.54) is 0 Å². The second-order valence-electron chi connectivity index (χ2n) is 22.1. The number of hydrogen-bond donors (Lipinski definition) is 0. The first kappa shape index (κ1) is 57.2. The standard InChI is InChI=1S/3C21H27N3O3/c3*1-14-12-18(13-15(2)22-14)27-17-6-8-24(9-7-17)16(3)19-4-5-20-21(23-19)26-11-10-25-20/h3*4-5,12-13,16-17H,6-11H2,1-3H3. The quantitative estimate of drug-likeness (QED) is 0.113. The summed E-state index contributed by atoms with van der Waals surface area (Å²) in [5, 5.41) is 0. The van der Waals surface area contributed by atoms with Crippen molar-refractivity contribution in [3.05, 3.63) is 124 Å². The van der Waals surface area contributed by atoms with Gasteiger partial charge in [0.1, 0.15) is 75.2 Å². The maximum atomic E-state index is 6.21. The normalized spacial score (nSPS) is 18.9. The van der Waals surface area contributed by atoms with Crippen molar-refractivity contribution >= 4 is 0 Å². The van der Waals surface area contributed by atoms with Gasteiger partial charge in [-0.15, -0.1) is 0 Å². The summed E-state index contributed by atoms with van der Waals surface area (Å²) in [6.07, 6.45) is 6.81. The molecule has 0 radical (unpaired) electrons. The molecule has 6 aliphatic heterocycles. The average molecular weight is 1110 g/mol. The number of aromatic nitrogens is 6. The molecule has 6 aromatic heterocycles. The molecular weight excluding hydrogens is 1030 g/mol. The molecule has 6 aliphatic rings. The Bertz CT molecular complexity index is 2670. The van der Waals surface area contributed by atoms with Gasteiger partial charge in [-0.3, -0.25) is 29.7 Å². The molecule has 0 saturated carbocycles. The molecule has 3 atom stereocenters. The number of ether oxygens (including phenoxy) is 9. The number of piperidine rings is 3. The number of aryl methyl sites for hydroxylation is 6. The molecule has 3 fully saturated rings. The van der Waals surface area contributed by atoms with E-state index >= 15 is 0 Å². The number of nitrogens with zero attached hydrogens (tertiary/aromatic N) is 9. The molecule has 0 aromatic carbocycles. The van der Waals surface area contributed by atoms with E-state index in [0.29, 0.717) is 57.3 Å². The number of pyridine rings is 6. The van der Waals surface area contributed by atoms with Gasteiger partial charge >= 0.3 is 0 Å². The Morgan fingerprint density at radius 3 is 0.827 bits per heavy atom. The van der Waals surface area contributed by atoms with Crippen molar-refractivity contribution in [3.8, 4) is 52.1 Å². The SMILES string of the molecule is Cc1cc(OC2CCN(C(C)c3ccc4c(n3)OCCO4)CC2)cc(C)n1.Cc1cc(OC2CCN(C(C)c3ccc4c(n3)OCCO4)CC2)cc(C)n1.Cc1cc(OC2CCN(C(C)c3ccc4c(n3)OCCO4)CC2)cc(C)n1. The molecule has 0 spiro atoms. The van der Waals surface area contributed by atoms with Crippen molar-refractivity contribution in [2.24, 2.45) is 0 Å². The Morgan fingerprint density at radius 2 is 0.580 bits per heavy atom. The first-order valence-corrected chi connectivity index (χ1v) is 29.1. The van der Waals surface area contributed by atoms with Crippen LogP contribution in [0, 0.1) is 41.5 Å². The van der Waals surface area contributed by atoms with E-state index < -0.39 is 0 Å². The van der Waals surface area contributed by atoms with Gasteiger partial charge in [0.15, 0.2) is 17.2 Å². The lowest BCUT2D eigenvalue weighted by Gasteiger charge is -2.36. The Morgan fingerprint density at radius 1 is 0.346 bits per heavy atom. The third kappa shape index (κ3) is 15.3. The zero-order valence-corrected chi connectivity index (χ0v) is 48.8. The van der Waals surface area contributed by atoms with Crippen LogP contribution in [0.5, 0.6) is 52.1 Å². The van der Waals surface area contributed by atoms with Gasteiger partial charge in [-0.2, -0.15) is 0 Å². The van der Waals surface area contributed by atoms with Crippen molar-refractivity contribution in [1.29, 1.82) is 0 Å². The van der Waals surface area contributed by atoms with Gasteiger partial charge in [-0.05, 0) is 137 Å². The molecule has 18 nitrogen and oxygen atoms in total. The van der Waals surface area contributed by atoms with Gasteiger partial charge < -0.3 is 42.6 Å². The number of hydrogen-bond acceptors (Lipinski definition) is 18. The molecular formula is C63H81N9O9. The minimum absolute atomic E-state index is 0.243. The lowest BCUT2D eigenvalue weighted by molar-refractivity contribution is 0.0778. The lowest BCUT2D eigenvalue weighted by atomic mass is 10.0. The summed E-state index contributed by atoms with van der Waals surface area (Å²) in [5.41, 5.74) is 9.08. The largest absolute Gasteiger partial charge is 0.490 e. The molecule has 0 amide bonds. The Hall–Kier alpha value is -7.02. The molecule has 432 valence electrons. The number of fused-ring (bicyclic) bond motifs is 3. The zero-order chi connectivity index (χ0) is 56.4. The Balaban J connectivity index is 0.000000136. The molecule has 81 heavy (non-hydrogen) atoms. The highest BCUT2D eigenvalue weighted by Gasteiger charge is 2.30. The van der Waals surface area contributed by atoms with Gasteiger partial charge in [0.25, 0.3) is 17.6 Å². The van der Waals surface area contributed by atoms with Gasteiger partial charge in [0.05, 0.1) is 17.1 Å². The summed E-state index contributed by atoms with van der Waals surface area (Å²) in [6.45, 7) is 28.0. The molecule has 12 heterocycles. The fraction of sp³-hybridized carbons (Fsp3) is 0.524. The molecule has 0 aliphatic carbocycles. The average Bonchev–Trinajstić information content (AvgIpc) is 3.48. The Labute approximate surface area is 477 Å². The van der Waals surface area contributed by atoms with E-state index in [2.05, 4.69) is 65.4 Å². The van der Waals surface area contributed by atoms with E-state index in [-0.39, 0.29) is 36.4 Å². The van der Waals surface area contributed by atoms with Crippen LogP contribution in [0.15, 0.2) is 72.8 Å².